The van der Waals surface area contributed by atoms with Crippen molar-refractivity contribution in [2.45, 2.75) is 19.8 Å². The first-order chi connectivity index (χ1) is 13.1. The molecule has 0 spiro atoms. The number of amides is 1. The molecule has 0 unspecified atom stereocenters. The molecule has 0 aliphatic rings. The average molecular weight is 382 g/mol. The number of nitrogens with zero attached hydrogens (tertiary/aromatic N) is 3. The molecule has 0 aliphatic heterocycles. The lowest BCUT2D eigenvalue weighted by Gasteiger charge is -1.99. The molecule has 3 aromatic rings. The summed E-state index contributed by atoms with van der Waals surface area (Å²) >= 11 is 1.28. The van der Waals surface area contributed by atoms with E-state index in [4.69, 9.17) is 4.42 Å². The molecule has 8 heteroatoms. The fourth-order valence-corrected chi connectivity index (χ4v) is 3.11. The Hall–Kier alpha value is -3.31. The first-order valence-corrected chi connectivity index (χ1v) is 9.02. The van der Waals surface area contributed by atoms with Crippen molar-refractivity contribution < 1.29 is 13.6 Å². The number of rotatable bonds is 6. The largest absolute Gasteiger partial charge is 0.457 e. The lowest BCUT2D eigenvalue weighted by molar-refractivity contribution is -0.112. The summed E-state index contributed by atoms with van der Waals surface area (Å²) in [6.07, 6.45) is 3.06. The van der Waals surface area contributed by atoms with Gasteiger partial charge in [-0.25, -0.2) is 4.39 Å². The third-order valence-corrected chi connectivity index (χ3v) is 4.46. The van der Waals surface area contributed by atoms with Crippen molar-refractivity contribution in [3.8, 4) is 17.4 Å². The molecule has 2 heterocycles. The predicted octanol–water partition coefficient (Wildman–Crippen LogP) is 4.44. The van der Waals surface area contributed by atoms with Crippen LogP contribution >= 0.6 is 11.3 Å². The number of hydrogen-bond donors (Lipinski definition) is 1. The third kappa shape index (κ3) is 4.65. The zero-order chi connectivity index (χ0) is 19.2. The molecule has 0 fully saturated rings. The van der Waals surface area contributed by atoms with Crippen LogP contribution in [0.1, 0.15) is 24.1 Å². The van der Waals surface area contributed by atoms with Gasteiger partial charge in [-0.3, -0.25) is 10.1 Å². The van der Waals surface area contributed by atoms with Gasteiger partial charge in [-0.05, 0) is 42.8 Å². The van der Waals surface area contributed by atoms with Crippen LogP contribution in [-0.4, -0.2) is 16.1 Å². The molecule has 0 saturated carbocycles. The van der Waals surface area contributed by atoms with Gasteiger partial charge in [0.2, 0.25) is 5.13 Å². The van der Waals surface area contributed by atoms with Gasteiger partial charge in [-0.2, -0.15) is 5.26 Å². The summed E-state index contributed by atoms with van der Waals surface area (Å²) in [6.45, 7) is 2.03. The second-order valence-corrected chi connectivity index (χ2v) is 6.65. The van der Waals surface area contributed by atoms with Crippen LogP contribution in [0.2, 0.25) is 0 Å². The van der Waals surface area contributed by atoms with Crippen LogP contribution in [0.5, 0.6) is 0 Å². The van der Waals surface area contributed by atoms with Crippen LogP contribution in [0.3, 0.4) is 0 Å². The van der Waals surface area contributed by atoms with Crippen molar-refractivity contribution >= 4 is 28.5 Å². The molecule has 2 aromatic heterocycles. The van der Waals surface area contributed by atoms with Gasteiger partial charge in [-0.1, -0.05) is 18.3 Å². The van der Waals surface area contributed by atoms with Crippen LogP contribution in [-0.2, 0) is 11.2 Å². The number of carbonyl (C=O) groups is 1. The highest BCUT2D eigenvalue weighted by atomic mass is 32.1. The van der Waals surface area contributed by atoms with Crippen molar-refractivity contribution in [2.75, 3.05) is 5.32 Å². The fraction of sp³-hybridized carbons (Fsp3) is 0.158. The molecule has 0 bridgehead atoms. The van der Waals surface area contributed by atoms with Crippen molar-refractivity contribution in [2.24, 2.45) is 0 Å². The van der Waals surface area contributed by atoms with E-state index in [0.717, 1.165) is 17.8 Å². The van der Waals surface area contributed by atoms with Gasteiger partial charge in [0.1, 0.15) is 34.0 Å². The third-order valence-electron chi connectivity index (χ3n) is 3.56. The molecule has 1 aromatic carbocycles. The van der Waals surface area contributed by atoms with E-state index < -0.39 is 5.91 Å². The normalized spacial score (nSPS) is 11.2. The Balaban J connectivity index is 1.74. The SMILES string of the molecule is CCCc1nnc(NC(=O)/C(C#N)=C\c2ccc(-c3ccc(F)cc3)o2)s1. The molecule has 1 amide bonds. The average Bonchev–Trinajstić information content (AvgIpc) is 3.30. The number of anilines is 1. The summed E-state index contributed by atoms with van der Waals surface area (Å²) in [5, 5.41) is 20.9. The Morgan fingerprint density at radius 3 is 2.78 bits per heavy atom. The van der Waals surface area contributed by atoms with Gasteiger partial charge in [0.05, 0.1) is 0 Å². The van der Waals surface area contributed by atoms with Crippen LogP contribution in [0.15, 0.2) is 46.4 Å². The molecular formula is C19H15FN4O2S. The number of halogens is 1. The van der Waals surface area contributed by atoms with Gasteiger partial charge in [0.15, 0.2) is 0 Å². The fourth-order valence-electron chi connectivity index (χ4n) is 2.27. The Bertz CT molecular complexity index is 1020. The van der Waals surface area contributed by atoms with Crippen LogP contribution in [0, 0.1) is 17.1 Å². The number of benzene rings is 1. The minimum atomic E-state index is -0.587. The van der Waals surface area contributed by atoms with Gasteiger partial charge >= 0.3 is 0 Å². The van der Waals surface area contributed by atoms with Gasteiger partial charge < -0.3 is 4.42 Å². The quantitative estimate of drug-likeness (QED) is 0.503. The zero-order valence-corrected chi connectivity index (χ0v) is 15.2. The van der Waals surface area contributed by atoms with Gasteiger partial charge in [-0.15, -0.1) is 10.2 Å². The van der Waals surface area contributed by atoms with Gasteiger partial charge in [0, 0.05) is 18.1 Å². The molecule has 27 heavy (non-hydrogen) atoms. The number of aryl methyl sites for hydroxylation is 1. The zero-order valence-electron chi connectivity index (χ0n) is 14.4. The maximum Gasteiger partial charge on any atom is 0.268 e. The molecule has 0 atom stereocenters. The van der Waals surface area contributed by atoms with E-state index in [2.05, 4.69) is 15.5 Å². The van der Waals surface area contributed by atoms with Gasteiger partial charge in [0.25, 0.3) is 5.91 Å². The minimum absolute atomic E-state index is 0.123. The Kier molecular flexibility index (Phi) is 5.74. The van der Waals surface area contributed by atoms with Crippen molar-refractivity contribution in [1.29, 1.82) is 5.26 Å². The molecular weight excluding hydrogens is 367 g/mol. The summed E-state index contributed by atoms with van der Waals surface area (Å²) in [4.78, 5) is 12.3. The Morgan fingerprint density at radius 1 is 1.30 bits per heavy atom. The highest BCUT2D eigenvalue weighted by molar-refractivity contribution is 7.15. The van der Waals surface area contributed by atoms with E-state index in [0.29, 0.717) is 22.2 Å². The number of hydrogen-bond acceptors (Lipinski definition) is 6. The predicted molar refractivity (Wildman–Crippen MR) is 100 cm³/mol. The minimum Gasteiger partial charge on any atom is -0.457 e. The smallest absolute Gasteiger partial charge is 0.268 e. The van der Waals surface area contributed by atoms with E-state index in [9.17, 15) is 14.4 Å². The second-order valence-electron chi connectivity index (χ2n) is 5.58. The molecule has 1 N–H and O–H groups in total. The summed E-state index contributed by atoms with van der Waals surface area (Å²) in [5.74, 6) is -0.0821. The van der Waals surface area contributed by atoms with Crippen molar-refractivity contribution in [3.63, 3.8) is 0 Å². The molecule has 3 rings (SSSR count). The Labute approximate surface area is 159 Å². The molecule has 136 valence electrons. The van der Waals surface area contributed by atoms with Crippen LogP contribution in [0.25, 0.3) is 17.4 Å². The highest BCUT2D eigenvalue weighted by Crippen LogP contribution is 2.24. The first-order valence-electron chi connectivity index (χ1n) is 8.20. The molecule has 0 saturated heterocycles. The molecule has 6 nitrogen and oxygen atoms in total. The summed E-state index contributed by atoms with van der Waals surface area (Å²) in [6, 6.07) is 11.0. The van der Waals surface area contributed by atoms with Crippen LogP contribution in [0.4, 0.5) is 9.52 Å². The summed E-state index contributed by atoms with van der Waals surface area (Å²) in [5.41, 5.74) is 0.568. The maximum atomic E-state index is 13.0. The highest BCUT2D eigenvalue weighted by Gasteiger charge is 2.14. The first kappa shape index (κ1) is 18.5. The Morgan fingerprint density at radius 2 is 2.07 bits per heavy atom. The van der Waals surface area contributed by atoms with E-state index in [1.807, 2.05) is 13.0 Å². The van der Waals surface area contributed by atoms with Crippen LogP contribution < -0.4 is 5.32 Å². The second kappa shape index (κ2) is 8.38. The van der Waals surface area contributed by atoms with Crippen molar-refractivity contribution in [3.05, 3.63) is 58.6 Å². The number of nitriles is 1. The lowest BCUT2D eigenvalue weighted by atomic mass is 10.2. The number of aromatic nitrogens is 2. The lowest BCUT2D eigenvalue weighted by Crippen LogP contribution is -2.13. The number of furan rings is 1. The van der Waals surface area contributed by atoms with E-state index in [1.54, 1.807) is 24.3 Å². The van der Waals surface area contributed by atoms with E-state index in [1.165, 1.54) is 29.5 Å². The standard InChI is InChI=1S/C19H15FN4O2S/c1-2-3-17-23-24-19(27-17)22-18(25)13(11-21)10-15-8-9-16(26-15)12-4-6-14(20)7-5-12/h4-10H,2-3H2,1H3,(H,22,24,25)/b13-10-. The molecule has 0 radical (unpaired) electrons. The number of nitrogens with one attached hydrogen (secondary N) is 1. The molecule has 0 aliphatic carbocycles. The summed E-state index contributed by atoms with van der Waals surface area (Å²) < 4.78 is 18.6. The van der Waals surface area contributed by atoms with Crippen molar-refractivity contribution in [1.82, 2.24) is 10.2 Å². The monoisotopic (exact) mass is 382 g/mol. The summed E-state index contributed by atoms with van der Waals surface area (Å²) in [7, 11) is 0. The van der Waals surface area contributed by atoms with E-state index >= 15 is 0 Å². The topological polar surface area (TPSA) is 91.8 Å². The van der Waals surface area contributed by atoms with E-state index in [-0.39, 0.29) is 11.4 Å². The number of carbonyl (C=O) groups excluding carboxylic acids is 1. The maximum absolute atomic E-state index is 13.0.